The molecule has 1 aliphatic carbocycles. The van der Waals surface area contributed by atoms with Crippen LogP contribution in [0.4, 0.5) is 5.69 Å². The maximum Gasteiger partial charge on any atom is 0.302 e. The first-order valence-corrected chi connectivity index (χ1v) is 10.4. The first-order valence-electron chi connectivity index (χ1n) is 10.4. The summed E-state index contributed by atoms with van der Waals surface area (Å²) < 4.78 is 5.59. The summed E-state index contributed by atoms with van der Waals surface area (Å²) in [6.07, 6.45) is 4.39. The van der Waals surface area contributed by atoms with Gasteiger partial charge in [-0.3, -0.25) is 14.5 Å². The van der Waals surface area contributed by atoms with Gasteiger partial charge in [-0.05, 0) is 43.9 Å². The topological polar surface area (TPSA) is 49.9 Å². The fourth-order valence-electron chi connectivity index (χ4n) is 6.88. The standard InChI is InChI=1S/C23H28N2O3/c1-4-16-12-24-10-9-23-19-7-5-6-8-20(19)25(14(2)26)22(23)18(13-28-15(3)27)17(16)11-21(23)24/h4-8,17-18,21-22H,9-13H2,1-3H3/t17-,18-,21-,22-,23?/m0/s1. The van der Waals surface area contributed by atoms with Gasteiger partial charge in [0.1, 0.15) is 0 Å². The van der Waals surface area contributed by atoms with Crippen molar-refractivity contribution in [3.05, 3.63) is 41.5 Å². The molecule has 1 aromatic carbocycles. The maximum atomic E-state index is 12.9. The molecule has 5 heteroatoms. The zero-order valence-electron chi connectivity index (χ0n) is 16.9. The van der Waals surface area contributed by atoms with E-state index in [0.29, 0.717) is 18.6 Å². The van der Waals surface area contributed by atoms with Crippen LogP contribution in [0.5, 0.6) is 0 Å². The molecule has 148 valence electrons. The zero-order valence-corrected chi connectivity index (χ0v) is 16.9. The predicted molar refractivity (Wildman–Crippen MR) is 107 cm³/mol. The average molecular weight is 380 g/mol. The van der Waals surface area contributed by atoms with Crippen LogP contribution in [0.2, 0.25) is 0 Å². The van der Waals surface area contributed by atoms with Crippen molar-refractivity contribution < 1.29 is 14.3 Å². The Bertz CT molecular complexity index is 878. The molecular weight excluding hydrogens is 352 g/mol. The van der Waals surface area contributed by atoms with Crippen LogP contribution >= 0.6 is 0 Å². The molecule has 5 rings (SSSR count). The number of hydrogen-bond donors (Lipinski definition) is 0. The van der Waals surface area contributed by atoms with Crippen LogP contribution in [0.25, 0.3) is 0 Å². The Hall–Kier alpha value is -2.14. The molecule has 2 bridgehead atoms. The molecule has 5 atom stereocenters. The van der Waals surface area contributed by atoms with Crippen LogP contribution in [0.15, 0.2) is 35.9 Å². The maximum absolute atomic E-state index is 12.9. The Morgan fingerprint density at radius 2 is 2.07 bits per heavy atom. The predicted octanol–water partition coefficient (Wildman–Crippen LogP) is 2.89. The molecule has 3 fully saturated rings. The number of para-hydroxylation sites is 1. The molecule has 0 radical (unpaired) electrons. The van der Waals surface area contributed by atoms with Gasteiger partial charge >= 0.3 is 5.97 Å². The van der Waals surface area contributed by atoms with Crippen molar-refractivity contribution in [1.82, 2.24) is 4.90 Å². The van der Waals surface area contributed by atoms with Gasteiger partial charge in [0.25, 0.3) is 0 Å². The van der Waals surface area contributed by atoms with Crippen molar-refractivity contribution in [2.24, 2.45) is 11.8 Å². The summed E-state index contributed by atoms with van der Waals surface area (Å²) >= 11 is 0. The third kappa shape index (κ3) is 2.17. The lowest BCUT2D eigenvalue weighted by atomic mass is 9.55. The molecule has 1 unspecified atom stereocenters. The van der Waals surface area contributed by atoms with E-state index in [4.69, 9.17) is 4.74 Å². The number of amides is 1. The number of carbonyl (C=O) groups is 2. The summed E-state index contributed by atoms with van der Waals surface area (Å²) in [4.78, 5) is 29.2. The third-order valence-electron chi connectivity index (χ3n) is 7.77. The van der Waals surface area contributed by atoms with Crippen LogP contribution in [0, 0.1) is 11.8 Å². The molecule has 3 aliphatic heterocycles. The van der Waals surface area contributed by atoms with E-state index in [2.05, 4.69) is 36.1 Å². The lowest BCUT2D eigenvalue weighted by Gasteiger charge is -2.56. The molecule has 1 aromatic rings. The van der Waals surface area contributed by atoms with Crippen LogP contribution in [-0.4, -0.2) is 48.6 Å². The highest BCUT2D eigenvalue weighted by Crippen LogP contribution is 2.63. The molecule has 5 nitrogen and oxygen atoms in total. The molecule has 2 saturated heterocycles. The molecule has 0 N–H and O–H groups in total. The summed E-state index contributed by atoms with van der Waals surface area (Å²) in [5.41, 5.74) is 3.76. The Kier molecular flexibility index (Phi) is 3.96. The summed E-state index contributed by atoms with van der Waals surface area (Å²) in [7, 11) is 0. The number of piperidine rings is 1. The third-order valence-corrected chi connectivity index (χ3v) is 7.77. The summed E-state index contributed by atoms with van der Waals surface area (Å²) in [6, 6.07) is 8.94. The van der Waals surface area contributed by atoms with Crippen molar-refractivity contribution in [2.75, 3.05) is 24.6 Å². The van der Waals surface area contributed by atoms with Gasteiger partial charge in [-0.25, -0.2) is 0 Å². The molecule has 1 amide bonds. The van der Waals surface area contributed by atoms with E-state index in [9.17, 15) is 9.59 Å². The number of fused-ring (bicyclic) bond motifs is 2. The van der Waals surface area contributed by atoms with Crippen molar-refractivity contribution in [3.63, 3.8) is 0 Å². The van der Waals surface area contributed by atoms with Gasteiger partial charge in [0, 0.05) is 43.5 Å². The SMILES string of the molecule is CC=C1CN2CCC34c5ccccc5N(C(C)=O)[C@H]3[C@@H](COC(C)=O)[C@H]1C[C@H]24. The van der Waals surface area contributed by atoms with Gasteiger partial charge in [0.2, 0.25) is 5.91 Å². The Morgan fingerprint density at radius 3 is 2.79 bits per heavy atom. The zero-order chi connectivity index (χ0) is 19.6. The first-order chi connectivity index (χ1) is 13.5. The minimum Gasteiger partial charge on any atom is -0.465 e. The van der Waals surface area contributed by atoms with Gasteiger partial charge in [0.05, 0.1) is 12.6 Å². The number of ether oxygens (including phenoxy) is 1. The smallest absolute Gasteiger partial charge is 0.302 e. The summed E-state index contributed by atoms with van der Waals surface area (Å²) in [6.45, 7) is 7.70. The van der Waals surface area contributed by atoms with E-state index in [0.717, 1.165) is 31.6 Å². The van der Waals surface area contributed by atoms with Crippen LogP contribution in [0.3, 0.4) is 0 Å². The van der Waals surface area contributed by atoms with Crippen molar-refractivity contribution in [3.8, 4) is 0 Å². The van der Waals surface area contributed by atoms with Crippen molar-refractivity contribution >= 4 is 17.6 Å². The molecular formula is C23H28N2O3. The number of rotatable bonds is 2. The number of allylic oxidation sites excluding steroid dienone is 1. The number of hydrogen-bond acceptors (Lipinski definition) is 4. The highest BCUT2D eigenvalue weighted by atomic mass is 16.5. The molecule has 1 spiro atoms. The first kappa shape index (κ1) is 17.9. The second-order valence-corrected chi connectivity index (χ2v) is 8.80. The van der Waals surface area contributed by atoms with Crippen molar-refractivity contribution in [2.45, 2.75) is 51.1 Å². The number of carbonyl (C=O) groups excluding carboxylic acids is 2. The van der Waals surface area contributed by atoms with Crippen molar-refractivity contribution in [1.29, 1.82) is 0 Å². The number of benzene rings is 1. The van der Waals surface area contributed by atoms with E-state index in [1.54, 1.807) is 6.92 Å². The van der Waals surface area contributed by atoms with Crippen LogP contribution in [0.1, 0.15) is 39.2 Å². The normalized spacial score (nSPS) is 37.0. The monoisotopic (exact) mass is 380 g/mol. The Labute approximate surface area is 166 Å². The van der Waals surface area contributed by atoms with E-state index >= 15 is 0 Å². The van der Waals surface area contributed by atoms with E-state index < -0.39 is 0 Å². The lowest BCUT2D eigenvalue weighted by molar-refractivity contribution is -0.144. The van der Waals surface area contributed by atoms with Gasteiger partial charge in [-0.1, -0.05) is 29.8 Å². The fraction of sp³-hybridized carbons (Fsp3) is 0.565. The largest absolute Gasteiger partial charge is 0.465 e. The van der Waals surface area contributed by atoms with E-state index in [1.165, 1.54) is 18.1 Å². The minimum absolute atomic E-state index is 0.0470. The second-order valence-electron chi connectivity index (χ2n) is 8.80. The van der Waals surface area contributed by atoms with Crippen LogP contribution in [-0.2, 0) is 19.7 Å². The highest BCUT2D eigenvalue weighted by Gasteiger charge is 2.67. The van der Waals surface area contributed by atoms with E-state index in [1.807, 2.05) is 11.0 Å². The Morgan fingerprint density at radius 1 is 1.29 bits per heavy atom. The Balaban J connectivity index is 1.71. The highest BCUT2D eigenvalue weighted by molar-refractivity contribution is 5.96. The number of nitrogens with zero attached hydrogens (tertiary/aromatic N) is 2. The molecule has 1 saturated carbocycles. The van der Waals surface area contributed by atoms with Gasteiger partial charge < -0.3 is 9.64 Å². The van der Waals surface area contributed by atoms with Gasteiger partial charge in [0.15, 0.2) is 0 Å². The average Bonchev–Trinajstić information content (AvgIpc) is 3.21. The minimum atomic E-state index is -0.244. The van der Waals surface area contributed by atoms with Gasteiger partial charge in [-0.2, -0.15) is 0 Å². The quantitative estimate of drug-likeness (QED) is 0.585. The molecule has 0 aromatic heterocycles. The number of esters is 1. The van der Waals surface area contributed by atoms with Crippen LogP contribution < -0.4 is 4.90 Å². The molecule has 28 heavy (non-hydrogen) atoms. The van der Waals surface area contributed by atoms with E-state index in [-0.39, 0.29) is 29.3 Å². The van der Waals surface area contributed by atoms with Gasteiger partial charge in [-0.15, -0.1) is 0 Å². The summed E-state index contributed by atoms with van der Waals surface area (Å²) in [5.74, 6) is 0.329. The molecule has 4 aliphatic rings. The number of anilines is 1. The second kappa shape index (κ2) is 6.18. The fourth-order valence-corrected chi connectivity index (χ4v) is 6.88. The lowest BCUT2D eigenvalue weighted by Crippen LogP contribution is -2.65. The molecule has 3 heterocycles. The summed E-state index contributed by atoms with van der Waals surface area (Å²) in [5, 5.41) is 0.